The number of carbonyl (C=O) groups excluding carboxylic acids is 1. The van der Waals surface area contributed by atoms with Crippen molar-refractivity contribution in [1.29, 1.82) is 0 Å². The Labute approximate surface area is 60.0 Å². The third kappa shape index (κ3) is 6.97. The fraction of sp³-hybridized carbons (Fsp3) is 0.500. The predicted molar refractivity (Wildman–Crippen MR) is 38.6 cm³/mol. The Morgan fingerprint density at radius 2 is 2.50 bits per heavy atom. The molecule has 0 rings (SSSR count). The monoisotopic (exact) mass is 144 g/mol. The lowest BCUT2D eigenvalue weighted by Gasteiger charge is -2.00. The summed E-state index contributed by atoms with van der Waals surface area (Å²) in [6.07, 6.45) is 0.991. The highest BCUT2D eigenvalue weighted by molar-refractivity contribution is 5.64. The van der Waals surface area contributed by atoms with Crippen molar-refractivity contribution < 1.29 is 9.53 Å². The van der Waals surface area contributed by atoms with Crippen molar-refractivity contribution in [1.82, 2.24) is 5.32 Å². The summed E-state index contributed by atoms with van der Waals surface area (Å²) in [5.74, 6) is 0. The maximum absolute atomic E-state index is 9.98. The van der Waals surface area contributed by atoms with Crippen LogP contribution in [0.15, 0.2) is 12.7 Å². The molecule has 0 aliphatic carbocycles. The number of ether oxygens (including phenoxy) is 1. The number of rotatable bonds is 5. The van der Waals surface area contributed by atoms with Crippen LogP contribution in [0.5, 0.6) is 0 Å². The van der Waals surface area contributed by atoms with Crippen molar-refractivity contribution in [3.8, 4) is 0 Å². The second-order valence-electron chi connectivity index (χ2n) is 1.66. The molecular weight excluding hydrogens is 132 g/mol. The second-order valence-corrected chi connectivity index (χ2v) is 1.66. The summed E-state index contributed by atoms with van der Waals surface area (Å²) in [6.45, 7) is 5.12. The molecule has 0 aromatic heterocycles. The maximum atomic E-state index is 9.98. The quantitative estimate of drug-likeness (QED) is 0.417. The van der Waals surface area contributed by atoms with Gasteiger partial charge in [0.15, 0.2) is 0 Å². The molecule has 0 aromatic carbocycles. The van der Waals surface area contributed by atoms with Crippen LogP contribution in [0.3, 0.4) is 0 Å². The van der Waals surface area contributed by atoms with Crippen molar-refractivity contribution >= 4 is 6.09 Å². The van der Waals surface area contributed by atoms with E-state index in [2.05, 4.69) is 16.6 Å². The highest BCUT2D eigenvalue weighted by atomic mass is 16.5. The fourth-order valence-electron chi connectivity index (χ4n) is 0.428. The summed E-state index contributed by atoms with van der Waals surface area (Å²) in [7, 11) is 0. The van der Waals surface area contributed by atoms with E-state index in [-0.39, 0.29) is 0 Å². The van der Waals surface area contributed by atoms with Gasteiger partial charge in [0.2, 0.25) is 0 Å². The molecule has 58 valence electrons. The molecule has 0 atom stereocenters. The SMILES string of the molecule is C=CCNCCOC(N)=O. The summed E-state index contributed by atoms with van der Waals surface area (Å²) >= 11 is 0. The van der Waals surface area contributed by atoms with Crippen LogP contribution in [-0.4, -0.2) is 25.8 Å². The highest BCUT2D eigenvalue weighted by Gasteiger charge is 1.89. The molecule has 0 aliphatic heterocycles. The molecule has 0 saturated carbocycles. The van der Waals surface area contributed by atoms with Crippen LogP contribution >= 0.6 is 0 Å². The number of nitrogens with two attached hydrogens (primary N) is 1. The zero-order valence-electron chi connectivity index (χ0n) is 5.80. The van der Waals surface area contributed by atoms with E-state index in [1.165, 1.54) is 0 Å². The molecule has 0 bridgehead atoms. The van der Waals surface area contributed by atoms with E-state index in [0.29, 0.717) is 19.7 Å². The second kappa shape index (κ2) is 6.10. The van der Waals surface area contributed by atoms with Crippen molar-refractivity contribution in [3.63, 3.8) is 0 Å². The van der Waals surface area contributed by atoms with E-state index in [1.54, 1.807) is 6.08 Å². The van der Waals surface area contributed by atoms with Crippen LogP contribution < -0.4 is 11.1 Å². The molecule has 4 nitrogen and oxygen atoms in total. The third-order valence-corrected chi connectivity index (χ3v) is 0.812. The summed E-state index contributed by atoms with van der Waals surface area (Å²) in [6, 6.07) is 0. The molecule has 0 aliphatic rings. The van der Waals surface area contributed by atoms with Gasteiger partial charge in [-0.15, -0.1) is 6.58 Å². The number of nitrogens with one attached hydrogen (secondary N) is 1. The Bertz CT molecular complexity index is 114. The van der Waals surface area contributed by atoms with Crippen LogP contribution in [0.4, 0.5) is 4.79 Å². The lowest BCUT2D eigenvalue weighted by Crippen LogP contribution is -2.23. The van der Waals surface area contributed by atoms with E-state index in [1.807, 2.05) is 0 Å². The van der Waals surface area contributed by atoms with Crippen LogP contribution in [0.2, 0.25) is 0 Å². The van der Waals surface area contributed by atoms with E-state index in [0.717, 1.165) is 0 Å². The van der Waals surface area contributed by atoms with Gasteiger partial charge in [0.05, 0.1) is 0 Å². The number of amides is 1. The molecule has 3 N–H and O–H groups in total. The molecule has 0 heterocycles. The number of primary amides is 1. The van der Waals surface area contributed by atoms with Crippen LogP contribution in [0.25, 0.3) is 0 Å². The van der Waals surface area contributed by atoms with Crippen molar-refractivity contribution in [2.45, 2.75) is 0 Å². The summed E-state index contributed by atoms with van der Waals surface area (Å²) in [5, 5.41) is 2.94. The lowest BCUT2D eigenvalue weighted by atomic mass is 10.6. The first kappa shape index (κ1) is 8.97. The Kier molecular flexibility index (Phi) is 5.47. The first-order valence-electron chi connectivity index (χ1n) is 3.01. The zero-order chi connectivity index (χ0) is 7.82. The number of hydrogen-bond acceptors (Lipinski definition) is 3. The highest BCUT2D eigenvalue weighted by Crippen LogP contribution is 1.70. The first-order chi connectivity index (χ1) is 4.77. The minimum absolute atomic E-state index is 0.309. The molecule has 0 spiro atoms. The normalized spacial score (nSPS) is 8.80. The van der Waals surface area contributed by atoms with Gasteiger partial charge in [0.1, 0.15) is 6.61 Å². The van der Waals surface area contributed by atoms with Gasteiger partial charge in [-0.2, -0.15) is 0 Å². The lowest BCUT2D eigenvalue weighted by molar-refractivity contribution is 0.157. The van der Waals surface area contributed by atoms with Gasteiger partial charge in [-0.3, -0.25) is 0 Å². The van der Waals surface area contributed by atoms with E-state index < -0.39 is 6.09 Å². The summed E-state index contributed by atoms with van der Waals surface area (Å²) < 4.78 is 4.43. The van der Waals surface area contributed by atoms with Gasteiger partial charge >= 0.3 is 6.09 Å². The van der Waals surface area contributed by atoms with E-state index in [9.17, 15) is 4.79 Å². The maximum Gasteiger partial charge on any atom is 0.404 e. The van der Waals surface area contributed by atoms with Gasteiger partial charge in [-0.1, -0.05) is 6.08 Å². The van der Waals surface area contributed by atoms with Crippen LogP contribution in [-0.2, 0) is 4.74 Å². The first-order valence-corrected chi connectivity index (χ1v) is 3.01. The van der Waals surface area contributed by atoms with Gasteiger partial charge in [-0.05, 0) is 0 Å². The topological polar surface area (TPSA) is 64.3 Å². The summed E-state index contributed by atoms with van der Waals surface area (Å²) in [5.41, 5.74) is 4.70. The molecule has 0 aromatic rings. The van der Waals surface area contributed by atoms with Gasteiger partial charge in [0, 0.05) is 13.1 Å². The summed E-state index contributed by atoms with van der Waals surface area (Å²) in [4.78, 5) is 9.98. The molecule has 4 heteroatoms. The number of carbonyl (C=O) groups is 1. The molecule has 1 amide bonds. The van der Waals surface area contributed by atoms with Gasteiger partial charge in [-0.25, -0.2) is 4.79 Å². The van der Waals surface area contributed by atoms with Gasteiger partial charge in [0.25, 0.3) is 0 Å². The Morgan fingerprint density at radius 3 is 3.00 bits per heavy atom. The van der Waals surface area contributed by atoms with Crippen molar-refractivity contribution in [2.75, 3.05) is 19.7 Å². The fourth-order valence-corrected chi connectivity index (χ4v) is 0.428. The third-order valence-electron chi connectivity index (χ3n) is 0.812. The molecule has 0 fully saturated rings. The predicted octanol–water partition coefficient (Wildman–Crippen LogP) is -0.143. The zero-order valence-corrected chi connectivity index (χ0v) is 5.80. The van der Waals surface area contributed by atoms with Crippen molar-refractivity contribution in [2.24, 2.45) is 5.73 Å². The average Bonchev–Trinajstić information content (AvgIpc) is 1.87. The smallest absolute Gasteiger partial charge is 0.404 e. The minimum Gasteiger partial charge on any atom is -0.448 e. The Balaban J connectivity index is 2.90. The molecular formula is C6H12N2O2. The molecule has 0 saturated heterocycles. The van der Waals surface area contributed by atoms with Crippen LogP contribution in [0.1, 0.15) is 0 Å². The Morgan fingerprint density at radius 1 is 1.80 bits per heavy atom. The Hall–Kier alpha value is -1.03. The van der Waals surface area contributed by atoms with E-state index in [4.69, 9.17) is 5.73 Å². The van der Waals surface area contributed by atoms with Gasteiger partial charge < -0.3 is 15.8 Å². The van der Waals surface area contributed by atoms with Crippen molar-refractivity contribution in [3.05, 3.63) is 12.7 Å². The molecule has 0 radical (unpaired) electrons. The standard InChI is InChI=1S/C6H12N2O2/c1-2-3-8-4-5-10-6(7)9/h2,8H,1,3-5H2,(H2,7,9). The minimum atomic E-state index is -0.736. The van der Waals surface area contributed by atoms with E-state index >= 15 is 0 Å². The molecule has 0 unspecified atom stereocenters. The average molecular weight is 144 g/mol. The number of hydrogen-bond donors (Lipinski definition) is 2. The van der Waals surface area contributed by atoms with Crippen LogP contribution in [0, 0.1) is 0 Å². The largest absolute Gasteiger partial charge is 0.448 e. The molecule has 10 heavy (non-hydrogen) atoms.